The number of anilines is 2. The van der Waals surface area contributed by atoms with Gasteiger partial charge in [-0.2, -0.15) is 13.2 Å². The number of benzene rings is 1. The summed E-state index contributed by atoms with van der Waals surface area (Å²) in [7, 11) is 0. The Morgan fingerprint density at radius 1 is 1.31 bits per heavy atom. The summed E-state index contributed by atoms with van der Waals surface area (Å²) >= 11 is 0. The van der Waals surface area contributed by atoms with Crippen molar-refractivity contribution in [3.8, 4) is 11.3 Å². The number of alkyl halides is 3. The van der Waals surface area contributed by atoms with Gasteiger partial charge in [0.05, 0.1) is 24.6 Å². The summed E-state index contributed by atoms with van der Waals surface area (Å²) in [5, 5.41) is 25.2. The second-order valence-electron chi connectivity index (χ2n) is 9.20. The van der Waals surface area contributed by atoms with Crippen LogP contribution >= 0.6 is 0 Å². The van der Waals surface area contributed by atoms with Gasteiger partial charge >= 0.3 is 12.2 Å². The predicted molar refractivity (Wildman–Crippen MR) is 137 cm³/mol. The maximum atomic E-state index is 12.7. The van der Waals surface area contributed by atoms with Crippen LogP contribution in [0, 0.1) is 12.8 Å². The number of hydrogen-bond acceptors (Lipinski definition) is 8. The highest BCUT2D eigenvalue weighted by Crippen LogP contribution is 2.32. The van der Waals surface area contributed by atoms with Gasteiger partial charge in [0.2, 0.25) is 5.95 Å². The van der Waals surface area contributed by atoms with Gasteiger partial charge in [-0.05, 0) is 43.0 Å². The molecule has 2 atom stereocenters. The van der Waals surface area contributed by atoms with E-state index >= 15 is 0 Å². The topological polar surface area (TPSA) is 149 Å². The lowest BCUT2D eigenvalue weighted by molar-refractivity contribution is -0.143. The molecule has 39 heavy (non-hydrogen) atoms. The van der Waals surface area contributed by atoms with E-state index in [1.807, 2.05) is 19.1 Å². The highest BCUT2D eigenvalue weighted by atomic mass is 19.4. The van der Waals surface area contributed by atoms with Crippen molar-refractivity contribution >= 4 is 24.1 Å². The van der Waals surface area contributed by atoms with E-state index in [0.29, 0.717) is 42.6 Å². The van der Waals surface area contributed by atoms with Crippen molar-refractivity contribution in [3.05, 3.63) is 35.5 Å². The molecule has 5 N–H and O–H groups in total. The van der Waals surface area contributed by atoms with Crippen molar-refractivity contribution in [3.63, 3.8) is 0 Å². The first-order valence-electron chi connectivity index (χ1n) is 12.5. The molecule has 2 aliphatic rings. The first-order chi connectivity index (χ1) is 18.6. The molecule has 1 aromatic heterocycles. The second-order valence-corrected chi connectivity index (χ2v) is 9.20. The number of aromatic nitrogens is 2. The maximum Gasteiger partial charge on any atom is 0.389 e. The third-order valence-electron chi connectivity index (χ3n) is 6.26. The number of hydrogen-bond donors (Lipinski definition) is 5. The number of nitrogens with one attached hydrogen (secondary N) is 3. The molecule has 4 rings (SSSR count). The van der Waals surface area contributed by atoms with Gasteiger partial charge in [0.1, 0.15) is 6.10 Å². The number of aliphatic hydroxyl groups excluding tert-OH is 1. The number of nitrogens with zero attached hydrogens (tertiary/aromatic N) is 3. The Morgan fingerprint density at radius 3 is 2.74 bits per heavy atom. The summed E-state index contributed by atoms with van der Waals surface area (Å²) in [4.78, 5) is 31.7. The number of aryl methyl sites for hydroxylation is 1. The number of aliphatic hydroxyl groups is 1. The second kappa shape index (κ2) is 14.1. The molecule has 14 heteroatoms. The van der Waals surface area contributed by atoms with Crippen LogP contribution in [0.1, 0.15) is 30.2 Å². The number of rotatable bonds is 7. The minimum atomic E-state index is -4.23. The summed E-state index contributed by atoms with van der Waals surface area (Å²) in [6.07, 6.45) is -5.03. The van der Waals surface area contributed by atoms with E-state index in [1.54, 1.807) is 12.1 Å². The fourth-order valence-electron chi connectivity index (χ4n) is 4.46. The third kappa shape index (κ3) is 9.04. The predicted octanol–water partition coefficient (Wildman–Crippen LogP) is 3.02. The van der Waals surface area contributed by atoms with Crippen molar-refractivity contribution in [2.75, 3.05) is 56.6 Å². The zero-order valence-corrected chi connectivity index (χ0v) is 21.5. The summed E-state index contributed by atoms with van der Waals surface area (Å²) in [5.74, 6) is -0.225. The maximum absolute atomic E-state index is 12.7. The summed E-state index contributed by atoms with van der Waals surface area (Å²) < 4.78 is 44.0. The van der Waals surface area contributed by atoms with Crippen LogP contribution in [0.5, 0.6) is 0 Å². The Balaban J connectivity index is 0.00000134. The largest absolute Gasteiger partial charge is 0.483 e. The number of carbonyl (C=O) groups excluding carboxylic acids is 1. The molecule has 0 radical (unpaired) electrons. The molecule has 1 aromatic carbocycles. The minimum absolute atomic E-state index is 0.0780. The number of amides is 2. The van der Waals surface area contributed by atoms with Crippen LogP contribution in [-0.4, -0.2) is 89.7 Å². The number of carbonyl (C=O) groups is 2. The average Bonchev–Trinajstić information content (AvgIpc) is 3.36. The van der Waals surface area contributed by atoms with Crippen molar-refractivity contribution in [1.82, 2.24) is 20.2 Å². The van der Waals surface area contributed by atoms with E-state index in [2.05, 4.69) is 25.9 Å². The van der Waals surface area contributed by atoms with Gasteiger partial charge in [-0.1, -0.05) is 6.07 Å². The molecule has 1 unspecified atom stereocenters. The van der Waals surface area contributed by atoms with E-state index in [0.717, 1.165) is 17.7 Å². The molecular weight excluding hydrogens is 521 g/mol. The number of halogens is 3. The molecule has 3 heterocycles. The molecule has 2 fully saturated rings. The van der Waals surface area contributed by atoms with E-state index < -0.39 is 24.5 Å². The van der Waals surface area contributed by atoms with Gasteiger partial charge in [0.25, 0.3) is 6.47 Å². The molecule has 2 aliphatic heterocycles. The minimum Gasteiger partial charge on any atom is -0.483 e. The zero-order valence-electron chi connectivity index (χ0n) is 21.5. The normalized spacial score (nSPS) is 19.2. The van der Waals surface area contributed by atoms with Crippen molar-refractivity contribution in [2.45, 2.75) is 32.0 Å². The molecule has 11 nitrogen and oxygen atoms in total. The number of morpholine rings is 1. The lowest BCUT2D eigenvalue weighted by Crippen LogP contribution is -2.34. The highest BCUT2D eigenvalue weighted by molar-refractivity contribution is 5.90. The molecular formula is C25H33F3N6O5. The van der Waals surface area contributed by atoms with E-state index in [9.17, 15) is 23.1 Å². The molecule has 2 aromatic rings. The molecule has 2 amide bonds. The van der Waals surface area contributed by atoms with Gasteiger partial charge in [-0.15, -0.1) is 0 Å². The van der Waals surface area contributed by atoms with Gasteiger partial charge in [-0.25, -0.2) is 14.8 Å². The Morgan fingerprint density at radius 2 is 2.08 bits per heavy atom. The standard InChI is InChI=1S/C24H31F3N6O3.CH2O2/c1-15-2-3-17(30-23(35)33-7-4-16(14-33)12-24(25,26)27)10-18(15)19-11-20(21-13-28-6-9-36-21)32-22(31-19)29-5-8-34;2-1-3/h2-3,10-11,16,21,28,34H,4-9,12-14H2,1H3,(H,30,35)(H,29,31,32);1H,(H,2,3)/t16-,21?;/m0./s1. The molecule has 0 spiro atoms. The van der Waals surface area contributed by atoms with Crippen LogP contribution in [-0.2, 0) is 9.53 Å². The lowest BCUT2D eigenvalue weighted by Gasteiger charge is -2.24. The van der Waals surface area contributed by atoms with Crippen LogP contribution in [0.3, 0.4) is 0 Å². The molecule has 214 valence electrons. The molecule has 0 aliphatic carbocycles. The van der Waals surface area contributed by atoms with Gasteiger partial charge < -0.3 is 35.8 Å². The van der Waals surface area contributed by atoms with Crippen molar-refractivity contribution in [2.24, 2.45) is 5.92 Å². The zero-order chi connectivity index (χ0) is 28.4. The smallest absolute Gasteiger partial charge is 0.389 e. The van der Waals surface area contributed by atoms with Crippen molar-refractivity contribution < 1.29 is 37.7 Å². The Hall–Kier alpha value is -3.49. The lowest BCUT2D eigenvalue weighted by atomic mass is 10.0. The molecule has 0 saturated carbocycles. The third-order valence-corrected chi connectivity index (χ3v) is 6.26. The van der Waals surface area contributed by atoms with E-state index in [1.165, 1.54) is 4.90 Å². The quantitative estimate of drug-likeness (QED) is 0.326. The first kappa shape index (κ1) is 30.1. The average molecular weight is 555 g/mol. The summed E-state index contributed by atoms with van der Waals surface area (Å²) in [6.45, 7) is 4.17. The number of carboxylic acid groups (broad SMARTS) is 1. The fourth-order valence-corrected chi connectivity index (χ4v) is 4.46. The van der Waals surface area contributed by atoms with Crippen LogP contribution < -0.4 is 16.0 Å². The molecule has 2 saturated heterocycles. The number of urea groups is 1. The number of ether oxygens (including phenoxy) is 1. The Kier molecular flexibility index (Phi) is 10.8. The monoisotopic (exact) mass is 554 g/mol. The summed E-state index contributed by atoms with van der Waals surface area (Å²) in [5.41, 5.74) is 3.51. The highest BCUT2D eigenvalue weighted by Gasteiger charge is 2.36. The Bertz CT molecular complexity index is 1110. The summed E-state index contributed by atoms with van der Waals surface area (Å²) in [6, 6.07) is 6.81. The Labute approximate surface area is 223 Å². The first-order valence-corrected chi connectivity index (χ1v) is 12.5. The van der Waals surface area contributed by atoms with Crippen LogP contribution in [0.4, 0.5) is 29.6 Å². The number of likely N-dealkylation sites (tertiary alicyclic amines) is 1. The van der Waals surface area contributed by atoms with Crippen molar-refractivity contribution in [1.29, 1.82) is 0 Å². The van der Waals surface area contributed by atoms with E-state index in [4.69, 9.17) is 14.6 Å². The van der Waals surface area contributed by atoms with Gasteiger partial charge in [-0.3, -0.25) is 4.79 Å². The van der Waals surface area contributed by atoms with Crippen LogP contribution in [0.25, 0.3) is 11.3 Å². The van der Waals surface area contributed by atoms with Crippen LogP contribution in [0.15, 0.2) is 24.3 Å². The molecule has 0 bridgehead atoms. The fraction of sp³-hybridized carbons (Fsp3) is 0.520. The SMILES string of the molecule is Cc1ccc(NC(=O)N2CC[C@@H](CC(F)(F)F)C2)cc1-c1cc(C2CNCCO2)nc(NCCO)n1.O=CO. The van der Waals surface area contributed by atoms with Gasteiger partial charge in [0.15, 0.2) is 0 Å². The van der Waals surface area contributed by atoms with Gasteiger partial charge in [0, 0.05) is 50.4 Å². The van der Waals surface area contributed by atoms with E-state index in [-0.39, 0.29) is 38.8 Å². The van der Waals surface area contributed by atoms with Crippen LogP contribution in [0.2, 0.25) is 0 Å².